The SMILES string of the molecule is CCOCC[NH3+].COc1cc(/C(C#N)=C/C#N)cc(I)c1[O-]. The van der Waals surface area contributed by atoms with Crippen LogP contribution in [0.25, 0.3) is 5.57 Å². The van der Waals surface area contributed by atoms with Crippen LogP contribution in [-0.4, -0.2) is 26.9 Å². The van der Waals surface area contributed by atoms with Gasteiger partial charge < -0.3 is 20.3 Å². The molecule has 0 aliphatic heterocycles. The lowest BCUT2D eigenvalue weighted by Crippen LogP contribution is -2.52. The van der Waals surface area contributed by atoms with Crippen LogP contribution in [0, 0.1) is 26.2 Å². The zero-order chi connectivity index (χ0) is 17.0. The Labute approximate surface area is 143 Å². The van der Waals surface area contributed by atoms with E-state index in [4.69, 9.17) is 20.0 Å². The number of benzene rings is 1. The van der Waals surface area contributed by atoms with E-state index in [1.807, 2.05) is 35.6 Å². The number of hydrogen-bond donors (Lipinski definition) is 1. The Kier molecular flexibility index (Phi) is 10.8. The Hall–Kier alpha value is -1.81. The van der Waals surface area contributed by atoms with Crippen molar-refractivity contribution in [2.45, 2.75) is 6.92 Å². The number of allylic oxidation sites excluding steroid dienone is 2. The van der Waals surface area contributed by atoms with Crippen LogP contribution in [0.3, 0.4) is 0 Å². The number of nitrogens with zero attached hydrogens (tertiary/aromatic N) is 2. The van der Waals surface area contributed by atoms with Gasteiger partial charge >= 0.3 is 0 Å². The minimum Gasteiger partial charge on any atom is -0.869 e. The zero-order valence-electron chi connectivity index (χ0n) is 12.6. The third kappa shape index (κ3) is 6.76. The maximum Gasteiger partial charge on any atom is 0.112 e. The van der Waals surface area contributed by atoms with Crippen LogP contribution in [-0.2, 0) is 4.74 Å². The van der Waals surface area contributed by atoms with Gasteiger partial charge in [-0.2, -0.15) is 10.5 Å². The normalized spacial score (nSPS) is 10.0. The summed E-state index contributed by atoms with van der Waals surface area (Å²) >= 11 is 1.86. The lowest BCUT2D eigenvalue weighted by Gasteiger charge is -2.15. The minimum absolute atomic E-state index is 0.168. The van der Waals surface area contributed by atoms with Crippen molar-refractivity contribution in [1.29, 1.82) is 10.5 Å². The molecule has 0 atom stereocenters. The predicted molar refractivity (Wildman–Crippen MR) is 88.6 cm³/mol. The van der Waals surface area contributed by atoms with Crippen molar-refractivity contribution in [1.82, 2.24) is 0 Å². The number of methoxy groups -OCH3 is 1. The molecule has 0 heterocycles. The molecule has 0 aromatic heterocycles. The number of rotatable bonds is 5. The Morgan fingerprint density at radius 1 is 1.45 bits per heavy atom. The fourth-order valence-electron chi connectivity index (χ4n) is 1.37. The summed E-state index contributed by atoms with van der Waals surface area (Å²) in [5.74, 6) is -0.0536. The van der Waals surface area contributed by atoms with Crippen molar-refractivity contribution in [2.75, 3.05) is 26.9 Å². The molecule has 0 saturated carbocycles. The number of quaternary nitrogens is 1. The molecule has 1 aromatic rings. The van der Waals surface area contributed by atoms with Gasteiger partial charge in [0.05, 0.1) is 31.9 Å². The Balaban J connectivity index is 0.000000626. The molecule has 7 heteroatoms. The molecule has 22 heavy (non-hydrogen) atoms. The van der Waals surface area contributed by atoms with E-state index in [9.17, 15) is 5.11 Å². The maximum atomic E-state index is 11.5. The molecule has 0 bridgehead atoms. The van der Waals surface area contributed by atoms with Gasteiger partial charge in [-0.05, 0) is 47.2 Å². The smallest absolute Gasteiger partial charge is 0.112 e. The van der Waals surface area contributed by atoms with E-state index in [2.05, 4.69) is 5.73 Å². The second kappa shape index (κ2) is 11.8. The van der Waals surface area contributed by atoms with Crippen LogP contribution >= 0.6 is 22.6 Å². The van der Waals surface area contributed by atoms with E-state index in [1.54, 1.807) is 12.1 Å². The van der Waals surface area contributed by atoms with Gasteiger partial charge in [-0.15, -0.1) is 0 Å². The minimum atomic E-state index is -0.221. The molecule has 1 rings (SSSR count). The van der Waals surface area contributed by atoms with Crippen molar-refractivity contribution >= 4 is 28.2 Å². The predicted octanol–water partition coefficient (Wildman–Crippen LogP) is 1.07. The fourth-order valence-corrected chi connectivity index (χ4v) is 1.97. The summed E-state index contributed by atoms with van der Waals surface area (Å²) in [6.07, 6.45) is 1.13. The lowest BCUT2D eigenvalue weighted by atomic mass is 10.1. The second-order valence-electron chi connectivity index (χ2n) is 3.84. The molecule has 0 fully saturated rings. The zero-order valence-corrected chi connectivity index (χ0v) is 14.7. The first-order chi connectivity index (χ1) is 10.5. The van der Waals surface area contributed by atoms with Gasteiger partial charge in [0.25, 0.3) is 0 Å². The summed E-state index contributed by atoms with van der Waals surface area (Å²) in [7, 11) is 1.39. The van der Waals surface area contributed by atoms with Crippen molar-refractivity contribution in [3.8, 4) is 23.6 Å². The highest BCUT2D eigenvalue weighted by Crippen LogP contribution is 2.32. The van der Waals surface area contributed by atoms with E-state index < -0.39 is 0 Å². The summed E-state index contributed by atoms with van der Waals surface area (Å²) in [6.45, 7) is 4.48. The summed E-state index contributed by atoms with van der Waals surface area (Å²) in [5, 5.41) is 28.9. The van der Waals surface area contributed by atoms with Crippen LogP contribution in [0.5, 0.6) is 11.5 Å². The molecule has 0 aliphatic carbocycles. The van der Waals surface area contributed by atoms with Crippen molar-refractivity contribution in [2.24, 2.45) is 0 Å². The van der Waals surface area contributed by atoms with Gasteiger partial charge in [0.1, 0.15) is 11.8 Å². The molecule has 118 valence electrons. The molecule has 0 unspecified atom stereocenters. The Bertz CT molecular complexity index is 585. The first-order valence-electron chi connectivity index (χ1n) is 6.47. The standard InChI is InChI=1S/C11H7IN2O2.C4H11NO/c1-16-10-5-8(4-9(12)11(10)15)7(6-14)2-3-13;1-2-6-4-3-5/h2,4-5,15H,1H3;2-5H2,1H3/b7-2+;. The van der Waals surface area contributed by atoms with E-state index in [0.29, 0.717) is 9.13 Å². The highest BCUT2D eigenvalue weighted by atomic mass is 127. The molecular weight excluding hydrogens is 397 g/mol. The Morgan fingerprint density at radius 3 is 2.55 bits per heavy atom. The molecule has 1 aromatic carbocycles. The van der Waals surface area contributed by atoms with E-state index in [0.717, 1.165) is 25.8 Å². The first-order valence-corrected chi connectivity index (χ1v) is 7.55. The summed E-state index contributed by atoms with van der Waals surface area (Å²) < 4.78 is 10.3. The topological polar surface area (TPSA) is 117 Å². The lowest BCUT2D eigenvalue weighted by molar-refractivity contribution is -0.374. The van der Waals surface area contributed by atoms with Crippen LogP contribution in [0.1, 0.15) is 12.5 Å². The largest absolute Gasteiger partial charge is 0.869 e. The molecule has 0 saturated heterocycles. The number of ether oxygens (including phenoxy) is 2. The van der Waals surface area contributed by atoms with Crippen LogP contribution in [0.2, 0.25) is 0 Å². The van der Waals surface area contributed by atoms with Crippen molar-refractivity contribution < 1.29 is 20.3 Å². The number of halogens is 1. The van der Waals surface area contributed by atoms with E-state index >= 15 is 0 Å². The van der Waals surface area contributed by atoms with Crippen LogP contribution in [0.4, 0.5) is 0 Å². The summed E-state index contributed by atoms with van der Waals surface area (Å²) in [6, 6.07) is 6.69. The summed E-state index contributed by atoms with van der Waals surface area (Å²) in [4.78, 5) is 0. The van der Waals surface area contributed by atoms with Gasteiger partial charge in [-0.1, -0.05) is 5.75 Å². The molecule has 3 N–H and O–H groups in total. The number of nitriles is 2. The number of hydrogen-bond acceptors (Lipinski definition) is 5. The van der Waals surface area contributed by atoms with Crippen LogP contribution < -0.4 is 15.6 Å². The highest BCUT2D eigenvalue weighted by molar-refractivity contribution is 14.1. The molecular formula is C15H18IN3O3. The highest BCUT2D eigenvalue weighted by Gasteiger charge is 2.06. The fraction of sp³-hybridized carbons (Fsp3) is 0.333. The van der Waals surface area contributed by atoms with Gasteiger partial charge in [0.2, 0.25) is 0 Å². The Morgan fingerprint density at radius 2 is 2.14 bits per heavy atom. The molecule has 0 radical (unpaired) electrons. The van der Waals surface area contributed by atoms with Gasteiger partial charge in [0, 0.05) is 16.3 Å². The third-order valence-electron chi connectivity index (χ3n) is 2.36. The van der Waals surface area contributed by atoms with Crippen LogP contribution in [0.15, 0.2) is 18.2 Å². The van der Waals surface area contributed by atoms with Gasteiger partial charge in [0.15, 0.2) is 0 Å². The monoisotopic (exact) mass is 415 g/mol. The molecule has 0 spiro atoms. The van der Waals surface area contributed by atoms with E-state index in [1.165, 1.54) is 13.2 Å². The summed E-state index contributed by atoms with van der Waals surface area (Å²) in [5.41, 5.74) is 4.31. The van der Waals surface area contributed by atoms with Gasteiger partial charge in [-0.3, -0.25) is 0 Å². The molecule has 0 amide bonds. The molecule has 0 aliphatic rings. The second-order valence-corrected chi connectivity index (χ2v) is 5.00. The average molecular weight is 415 g/mol. The van der Waals surface area contributed by atoms with Gasteiger partial charge in [-0.25, -0.2) is 0 Å². The quantitative estimate of drug-likeness (QED) is 0.439. The maximum absolute atomic E-state index is 11.5. The van der Waals surface area contributed by atoms with Crippen molar-refractivity contribution in [3.05, 3.63) is 27.3 Å². The molecule has 6 nitrogen and oxygen atoms in total. The third-order valence-corrected chi connectivity index (χ3v) is 3.16. The van der Waals surface area contributed by atoms with Crippen molar-refractivity contribution in [3.63, 3.8) is 0 Å². The van der Waals surface area contributed by atoms with E-state index in [-0.39, 0.29) is 17.1 Å². The first kappa shape index (κ1) is 20.2. The average Bonchev–Trinajstić information content (AvgIpc) is 2.53.